The molecule has 3 rings (SSSR count). The number of hydrogen-bond donors (Lipinski definition) is 1. The van der Waals surface area contributed by atoms with Crippen LogP contribution < -0.4 is 10.1 Å². The minimum absolute atomic E-state index is 0.0544. The van der Waals surface area contributed by atoms with Gasteiger partial charge in [-0.15, -0.1) is 5.10 Å². The SMILES string of the molecule is CCOc1ccc(C(F)(F)F)cc1NC(=O)c1ccc(-n2cnnn2)cc1. The van der Waals surface area contributed by atoms with E-state index in [9.17, 15) is 18.0 Å². The number of anilines is 1. The third kappa shape index (κ3) is 4.22. The molecule has 0 atom stereocenters. The Morgan fingerprint density at radius 3 is 2.52 bits per heavy atom. The molecule has 10 heteroatoms. The van der Waals surface area contributed by atoms with Gasteiger partial charge in [-0.3, -0.25) is 4.79 Å². The van der Waals surface area contributed by atoms with E-state index < -0.39 is 17.6 Å². The summed E-state index contributed by atoms with van der Waals surface area (Å²) < 4.78 is 45.6. The zero-order valence-electron chi connectivity index (χ0n) is 14.1. The maximum atomic E-state index is 13.0. The van der Waals surface area contributed by atoms with Crippen LogP contribution in [0.3, 0.4) is 0 Å². The second-order valence-corrected chi connectivity index (χ2v) is 5.40. The van der Waals surface area contributed by atoms with Gasteiger partial charge in [-0.2, -0.15) is 13.2 Å². The predicted octanol–water partition coefficient (Wildman–Crippen LogP) is 3.33. The maximum Gasteiger partial charge on any atom is 0.416 e. The highest BCUT2D eigenvalue weighted by Gasteiger charge is 2.31. The summed E-state index contributed by atoms with van der Waals surface area (Å²) in [6, 6.07) is 9.19. The van der Waals surface area contributed by atoms with Gasteiger partial charge in [0.1, 0.15) is 12.1 Å². The van der Waals surface area contributed by atoms with Crippen molar-refractivity contribution in [3.8, 4) is 11.4 Å². The highest BCUT2D eigenvalue weighted by molar-refractivity contribution is 6.05. The van der Waals surface area contributed by atoms with Gasteiger partial charge in [-0.05, 0) is 59.8 Å². The first-order chi connectivity index (χ1) is 12.9. The topological polar surface area (TPSA) is 81.9 Å². The molecule has 1 N–H and O–H groups in total. The summed E-state index contributed by atoms with van der Waals surface area (Å²) in [7, 11) is 0. The van der Waals surface area contributed by atoms with Gasteiger partial charge in [0.25, 0.3) is 5.91 Å². The zero-order chi connectivity index (χ0) is 19.4. The largest absolute Gasteiger partial charge is 0.492 e. The smallest absolute Gasteiger partial charge is 0.416 e. The molecule has 1 aromatic heterocycles. The van der Waals surface area contributed by atoms with Crippen LogP contribution in [0.25, 0.3) is 5.69 Å². The lowest BCUT2D eigenvalue weighted by Crippen LogP contribution is -2.14. The molecule has 1 amide bonds. The Hall–Kier alpha value is -3.43. The van der Waals surface area contributed by atoms with Gasteiger partial charge in [-0.1, -0.05) is 0 Å². The molecule has 0 unspecified atom stereocenters. The number of hydrogen-bond acceptors (Lipinski definition) is 5. The first-order valence-corrected chi connectivity index (χ1v) is 7.87. The van der Waals surface area contributed by atoms with Crippen LogP contribution in [0.2, 0.25) is 0 Å². The third-order valence-electron chi connectivity index (χ3n) is 3.60. The van der Waals surface area contributed by atoms with Crippen LogP contribution in [-0.4, -0.2) is 32.7 Å². The molecule has 0 fully saturated rings. The van der Waals surface area contributed by atoms with Crippen LogP contribution in [0.15, 0.2) is 48.8 Å². The Morgan fingerprint density at radius 2 is 1.93 bits per heavy atom. The normalized spacial score (nSPS) is 11.3. The molecule has 0 aliphatic rings. The number of halogens is 3. The quantitative estimate of drug-likeness (QED) is 0.738. The summed E-state index contributed by atoms with van der Waals surface area (Å²) in [4.78, 5) is 12.4. The van der Waals surface area contributed by atoms with Gasteiger partial charge in [0.15, 0.2) is 0 Å². The van der Waals surface area contributed by atoms with Crippen molar-refractivity contribution in [2.45, 2.75) is 13.1 Å². The number of nitrogens with one attached hydrogen (secondary N) is 1. The number of alkyl halides is 3. The molecule has 0 spiro atoms. The maximum absolute atomic E-state index is 13.0. The molecule has 1 heterocycles. The van der Waals surface area contributed by atoms with E-state index in [0.29, 0.717) is 5.69 Å². The lowest BCUT2D eigenvalue weighted by molar-refractivity contribution is -0.137. The van der Waals surface area contributed by atoms with Crippen LogP contribution >= 0.6 is 0 Å². The summed E-state index contributed by atoms with van der Waals surface area (Å²) in [5.41, 5.74) is -0.0474. The average molecular weight is 377 g/mol. The minimum Gasteiger partial charge on any atom is -0.492 e. The van der Waals surface area contributed by atoms with Crippen molar-refractivity contribution in [3.05, 3.63) is 59.9 Å². The zero-order valence-corrected chi connectivity index (χ0v) is 14.1. The van der Waals surface area contributed by atoms with Gasteiger partial charge in [-0.25, -0.2) is 4.68 Å². The monoisotopic (exact) mass is 377 g/mol. The van der Waals surface area contributed by atoms with E-state index in [-0.39, 0.29) is 23.6 Å². The van der Waals surface area contributed by atoms with Crippen molar-refractivity contribution in [1.29, 1.82) is 0 Å². The van der Waals surface area contributed by atoms with Crippen molar-refractivity contribution in [1.82, 2.24) is 20.2 Å². The number of tetrazole rings is 1. The number of carbonyl (C=O) groups is 1. The summed E-state index contributed by atoms with van der Waals surface area (Å²) in [5, 5.41) is 13.2. The second kappa shape index (κ2) is 7.44. The average Bonchev–Trinajstić information content (AvgIpc) is 3.17. The second-order valence-electron chi connectivity index (χ2n) is 5.40. The molecule has 2 aromatic carbocycles. The number of aromatic nitrogens is 4. The predicted molar refractivity (Wildman–Crippen MR) is 89.7 cm³/mol. The fraction of sp³-hybridized carbons (Fsp3) is 0.176. The Morgan fingerprint density at radius 1 is 1.19 bits per heavy atom. The van der Waals surface area contributed by atoms with E-state index in [4.69, 9.17) is 4.74 Å². The van der Waals surface area contributed by atoms with Gasteiger partial charge >= 0.3 is 6.18 Å². The molecular formula is C17H14F3N5O2. The Bertz CT molecular complexity index is 925. The van der Waals surface area contributed by atoms with Crippen molar-refractivity contribution in [2.24, 2.45) is 0 Å². The van der Waals surface area contributed by atoms with E-state index in [1.54, 1.807) is 19.1 Å². The fourth-order valence-corrected chi connectivity index (χ4v) is 2.32. The Labute approximate surface area is 151 Å². The number of benzene rings is 2. The molecule has 140 valence electrons. The lowest BCUT2D eigenvalue weighted by Gasteiger charge is -2.15. The molecule has 0 bridgehead atoms. The molecule has 3 aromatic rings. The molecule has 7 nitrogen and oxygen atoms in total. The van der Waals surface area contributed by atoms with Crippen LogP contribution in [0, 0.1) is 0 Å². The summed E-state index contributed by atoms with van der Waals surface area (Å²) in [6.07, 6.45) is -3.14. The number of ether oxygens (including phenoxy) is 1. The van der Waals surface area contributed by atoms with Crippen molar-refractivity contribution in [2.75, 3.05) is 11.9 Å². The van der Waals surface area contributed by atoms with E-state index in [1.807, 2.05) is 0 Å². The van der Waals surface area contributed by atoms with Crippen LogP contribution in [0.5, 0.6) is 5.75 Å². The van der Waals surface area contributed by atoms with Gasteiger partial charge in [0, 0.05) is 5.56 Å². The summed E-state index contributed by atoms with van der Waals surface area (Å²) >= 11 is 0. The molecule has 0 saturated heterocycles. The molecule has 0 aliphatic carbocycles. The highest BCUT2D eigenvalue weighted by Crippen LogP contribution is 2.35. The lowest BCUT2D eigenvalue weighted by atomic mass is 10.1. The van der Waals surface area contributed by atoms with Crippen molar-refractivity contribution >= 4 is 11.6 Å². The highest BCUT2D eigenvalue weighted by atomic mass is 19.4. The Balaban J connectivity index is 1.84. The first kappa shape index (κ1) is 18.4. The van der Waals surface area contributed by atoms with E-state index >= 15 is 0 Å². The third-order valence-corrected chi connectivity index (χ3v) is 3.60. The molecule has 0 aliphatic heterocycles. The molecule has 0 saturated carbocycles. The minimum atomic E-state index is -4.53. The van der Waals surface area contributed by atoms with Crippen LogP contribution in [-0.2, 0) is 6.18 Å². The standard InChI is InChI=1S/C17H14F3N5O2/c1-2-27-15-8-5-12(17(18,19)20)9-14(15)22-16(26)11-3-6-13(7-4-11)25-10-21-23-24-25/h3-10H,2H2,1H3,(H,22,26). The fourth-order valence-electron chi connectivity index (χ4n) is 2.32. The van der Waals surface area contributed by atoms with Crippen LogP contribution in [0.1, 0.15) is 22.8 Å². The molecular weight excluding hydrogens is 363 g/mol. The van der Waals surface area contributed by atoms with Gasteiger partial charge < -0.3 is 10.1 Å². The summed E-state index contributed by atoms with van der Waals surface area (Å²) in [5.74, 6) is -0.414. The van der Waals surface area contributed by atoms with E-state index in [2.05, 4.69) is 20.8 Å². The summed E-state index contributed by atoms with van der Waals surface area (Å²) in [6.45, 7) is 1.94. The van der Waals surface area contributed by atoms with Gasteiger partial charge in [0.05, 0.1) is 23.5 Å². The van der Waals surface area contributed by atoms with Crippen molar-refractivity contribution < 1.29 is 22.7 Å². The van der Waals surface area contributed by atoms with Crippen LogP contribution in [0.4, 0.5) is 18.9 Å². The first-order valence-electron chi connectivity index (χ1n) is 7.87. The van der Waals surface area contributed by atoms with E-state index in [0.717, 1.165) is 12.1 Å². The number of rotatable bonds is 5. The molecule has 27 heavy (non-hydrogen) atoms. The Kier molecular flexibility index (Phi) is 5.06. The van der Waals surface area contributed by atoms with Gasteiger partial charge in [0.2, 0.25) is 0 Å². The van der Waals surface area contributed by atoms with Crippen molar-refractivity contribution in [3.63, 3.8) is 0 Å². The number of carbonyl (C=O) groups excluding carboxylic acids is 1. The number of amides is 1. The van der Waals surface area contributed by atoms with E-state index in [1.165, 1.54) is 29.2 Å². The number of nitrogens with zero attached hydrogens (tertiary/aromatic N) is 4. The molecule has 0 radical (unpaired) electrons.